The Bertz CT molecular complexity index is 687. The molecule has 0 radical (unpaired) electrons. The molecular weight excluding hydrogens is 332 g/mol. The number of halogens is 1. The summed E-state index contributed by atoms with van der Waals surface area (Å²) in [5.41, 5.74) is 0.801. The van der Waals surface area contributed by atoms with Gasteiger partial charge in [-0.3, -0.25) is 4.79 Å². The lowest BCUT2D eigenvalue weighted by atomic mass is 10.1. The SMILES string of the molecule is CCCN(Cc1nc(C(=O)OC)co1)C(=O)C(Cl)c1ccccc1. The molecule has 0 aliphatic rings. The minimum absolute atomic E-state index is 0.0712. The van der Waals surface area contributed by atoms with E-state index in [4.69, 9.17) is 16.0 Å². The van der Waals surface area contributed by atoms with Gasteiger partial charge in [-0.25, -0.2) is 9.78 Å². The Morgan fingerprint density at radius 1 is 1.33 bits per heavy atom. The summed E-state index contributed by atoms with van der Waals surface area (Å²) >= 11 is 6.32. The second-order valence-corrected chi connectivity index (χ2v) is 5.59. The second kappa shape index (κ2) is 8.49. The van der Waals surface area contributed by atoms with Crippen molar-refractivity contribution in [3.05, 3.63) is 53.7 Å². The summed E-state index contributed by atoms with van der Waals surface area (Å²) in [5, 5.41) is -0.784. The number of hydrogen-bond acceptors (Lipinski definition) is 5. The largest absolute Gasteiger partial charge is 0.464 e. The number of carbonyl (C=O) groups is 2. The van der Waals surface area contributed by atoms with Gasteiger partial charge in [-0.2, -0.15) is 0 Å². The summed E-state index contributed by atoms with van der Waals surface area (Å²) in [7, 11) is 1.27. The van der Waals surface area contributed by atoms with E-state index < -0.39 is 11.3 Å². The molecule has 1 heterocycles. The van der Waals surface area contributed by atoms with Gasteiger partial charge in [-0.1, -0.05) is 37.3 Å². The standard InChI is InChI=1S/C17H19ClN2O4/c1-3-9-20(10-14-19-13(11-24-14)17(22)23-2)16(21)15(18)12-7-5-4-6-8-12/h4-8,11,15H,3,9-10H2,1-2H3. The monoisotopic (exact) mass is 350 g/mol. The molecule has 0 N–H and O–H groups in total. The first-order chi connectivity index (χ1) is 11.6. The van der Waals surface area contributed by atoms with Gasteiger partial charge in [0.15, 0.2) is 5.69 Å². The van der Waals surface area contributed by atoms with E-state index in [2.05, 4.69) is 9.72 Å². The Morgan fingerprint density at radius 2 is 2.04 bits per heavy atom. The van der Waals surface area contributed by atoms with Crippen LogP contribution in [0.4, 0.5) is 0 Å². The lowest BCUT2D eigenvalue weighted by Crippen LogP contribution is -2.34. The molecule has 1 atom stereocenters. The molecule has 1 aromatic heterocycles. The van der Waals surface area contributed by atoms with Gasteiger partial charge >= 0.3 is 5.97 Å². The van der Waals surface area contributed by atoms with Gasteiger partial charge in [-0.05, 0) is 12.0 Å². The molecule has 7 heteroatoms. The number of ether oxygens (including phenoxy) is 1. The molecule has 0 aliphatic heterocycles. The second-order valence-electron chi connectivity index (χ2n) is 5.15. The summed E-state index contributed by atoms with van der Waals surface area (Å²) < 4.78 is 9.83. The van der Waals surface area contributed by atoms with E-state index in [1.807, 2.05) is 25.1 Å². The predicted octanol–water partition coefficient (Wildman–Crippen LogP) is 3.18. The average molecular weight is 351 g/mol. The molecule has 0 fully saturated rings. The van der Waals surface area contributed by atoms with Gasteiger partial charge in [0.1, 0.15) is 11.6 Å². The normalized spacial score (nSPS) is 11.8. The van der Waals surface area contributed by atoms with Crippen molar-refractivity contribution in [1.29, 1.82) is 0 Å². The number of carbonyl (C=O) groups excluding carboxylic acids is 2. The van der Waals surface area contributed by atoms with Crippen LogP contribution < -0.4 is 0 Å². The van der Waals surface area contributed by atoms with E-state index in [0.29, 0.717) is 6.54 Å². The summed E-state index contributed by atoms with van der Waals surface area (Å²) in [6, 6.07) is 9.14. The van der Waals surface area contributed by atoms with Crippen LogP contribution in [-0.2, 0) is 16.1 Å². The molecular formula is C17H19ClN2O4. The molecule has 2 aromatic rings. The molecule has 2 rings (SSSR count). The minimum atomic E-state index is -0.784. The predicted molar refractivity (Wildman–Crippen MR) is 88.6 cm³/mol. The maximum atomic E-state index is 12.7. The third-order valence-corrected chi connectivity index (χ3v) is 3.83. The molecule has 0 aliphatic carbocycles. The van der Waals surface area contributed by atoms with Crippen molar-refractivity contribution in [2.75, 3.05) is 13.7 Å². The Labute approximate surface area is 145 Å². The topological polar surface area (TPSA) is 72.6 Å². The van der Waals surface area contributed by atoms with E-state index in [1.165, 1.54) is 13.4 Å². The molecule has 1 aromatic carbocycles. The number of hydrogen-bond donors (Lipinski definition) is 0. The van der Waals surface area contributed by atoms with Crippen molar-refractivity contribution in [2.45, 2.75) is 25.3 Å². The Hall–Kier alpha value is -2.34. The zero-order chi connectivity index (χ0) is 17.5. The Kier molecular flexibility index (Phi) is 6.37. The Morgan fingerprint density at radius 3 is 2.67 bits per heavy atom. The molecule has 0 saturated heterocycles. The number of nitrogens with zero attached hydrogens (tertiary/aromatic N) is 2. The highest BCUT2D eigenvalue weighted by atomic mass is 35.5. The van der Waals surface area contributed by atoms with Crippen molar-refractivity contribution >= 4 is 23.5 Å². The van der Waals surface area contributed by atoms with Gasteiger partial charge in [0.25, 0.3) is 0 Å². The lowest BCUT2D eigenvalue weighted by Gasteiger charge is -2.23. The third-order valence-electron chi connectivity index (χ3n) is 3.39. The summed E-state index contributed by atoms with van der Waals surface area (Å²) in [6.07, 6.45) is 1.97. The fourth-order valence-electron chi connectivity index (χ4n) is 2.21. The molecule has 0 bridgehead atoms. The molecule has 24 heavy (non-hydrogen) atoms. The first-order valence-corrected chi connectivity index (χ1v) is 8.01. The molecule has 128 valence electrons. The average Bonchev–Trinajstić information content (AvgIpc) is 3.08. The number of esters is 1. The van der Waals surface area contributed by atoms with Crippen LogP contribution in [0.2, 0.25) is 0 Å². The van der Waals surface area contributed by atoms with Crippen LogP contribution in [0.1, 0.15) is 40.7 Å². The molecule has 1 unspecified atom stereocenters. The number of amides is 1. The highest BCUT2D eigenvalue weighted by molar-refractivity contribution is 6.30. The van der Waals surface area contributed by atoms with Crippen molar-refractivity contribution in [3.63, 3.8) is 0 Å². The Balaban J connectivity index is 2.12. The van der Waals surface area contributed by atoms with Gasteiger partial charge < -0.3 is 14.1 Å². The van der Waals surface area contributed by atoms with Crippen LogP contribution in [0.15, 0.2) is 41.0 Å². The molecule has 0 spiro atoms. The van der Waals surface area contributed by atoms with Crippen molar-refractivity contribution in [1.82, 2.24) is 9.88 Å². The summed E-state index contributed by atoms with van der Waals surface area (Å²) in [6.45, 7) is 2.60. The van der Waals surface area contributed by atoms with Crippen LogP contribution in [0.25, 0.3) is 0 Å². The van der Waals surface area contributed by atoms with E-state index in [9.17, 15) is 9.59 Å². The van der Waals surface area contributed by atoms with Crippen LogP contribution >= 0.6 is 11.6 Å². The van der Waals surface area contributed by atoms with Crippen molar-refractivity contribution in [2.24, 2.45) is 0 Å². The zero-order valence-corrected chi connectivity index (χ0v) is 14.3. The number of oxazole rings is 1. The van der Waals surface area contributed by atoms with Gasteiger partial charge in [-0.15, -0.1) is 11.6 Å². The van der Waals surface area contributed by atoms with Gasteiger partial charge in [0, 0.05) is 6.54 Å². The van der Waals surface area contributed by atoms with Crippen molar-refractivity contribution < 1.29 is 18.7 Å². The number of methoxy groups -OCH3 is 1. The first-order valence-electron chi connectivity index (χ1n) is 7.57. The van der Waals surface area contributed by atoms with E-state index in [-0.39, 0.29) is 24.0 Å². The third kappa shape index (κ3) is 4.35. The van der Waals surface area contributed by atoms with Crippen LogP contribution in [0.3, 0.4) is 0 Å². The lowest BCUT2D eigenvalue weighted by molar-refractivity contribution is -0.131. The summed E-state index contributed by atoms with van der Waals surface area (Å²) in [5.74, 6) is -0.561. The van der Waals surface area contributed by atoms with Crippen molar-refractivity contribution in [3.8, 4) is 0 Å². The van der Waals surface area contributed by atoms with E-state index >= 15 is 0 Å². The maximum Gasteiger partial charge on any atom is 0.360 e. The molecule has 0 saturated carbocycles. The maximum absolute atomic E-state index is 12.7. The van der Waals surface area contributed by atoms with E-state index in [1.54, 1.807) is 17.0 Å². The highest BCUT2D eigenvalue weighted by Crippen LogP contribution is 2.23. The van der Waals surface area contributed by atoms with Crippen LogP contribution in [0.5, 0.6) is 0 Å². The number of benzene rings is 1. The van der Waals surface area contributed by atoms with Crippen LogP contribution in [-0.4, -0.2) is 35.4 Å². The highest BCUT2D eigenvalue weighted by Gasteiger charge is 2.25. The van der Waals surface area contributed by atoms with Crippen LogP contribution in [0, 0.1) is 0 Å². The van der Waals surface area contributed by atoms with E-state index in [0.717, 1.165) is 12.0 Å². The fourth-order valence-corrected chi connectivity index (χ4v) is 2.49. The minimum Gasteiger partial charge on any atom is -0.464 e. The fraction of sp³-hybridized carbons (Fsp3) is 0.353. The zero-order valence-electron chi connectivity index (χ0n) is 13.6. The van der Waals surface area contributed by atoms with Gasteiger partial charge in [0.2, 0.25) is 11.8 Å². The smallest absolute Gasteiger partial charge is 0.360 e. The summed E-state index contributed by atoms with van der Waals surface area (Å²) in [4.78, 5) is 29.7. The number of rotatable bonds is 7. The van der Waals surface area contributed by atoms with Gasteiger partial charge in [0.05, 0.1) is 13.7 Å². The first kappa shape index (κ1) is 18.0. The quantitative estimate of drug-likeness (QED) is 0.566. The molecule has 1 amide bonds. The number of aromatic nitrogens is 1. The molecule has 6 nitrogen and oxygen atoms in total. The number of alkyl halides is 1.